The topological polar surface area (TPSA) is 74.6 Å². The lowest BCUT2D eigenvalue weighted by atomic mass is 9.97. The molecule has 0 saturated carbocycles. The largest absolute Gasteiger partial charge is 0.508 e. The highest BCUT2D eigenvalue weighted by Crippen LogP contribution is 2.35. The molecule has 0 spiro atoms. The zero-order valence-corrected chi connectivity index (χ0v) is 11.4. The van der Waals surface area contributed by atoms with Crippen LogP contribution in [0.2, 0.25) is 0 Å². The van der Waals surface area contributed by atoms with E-state index in [-0.39, 0.29) is 33.8 Å². The van der Waals surface area contributed by atoms with E-state index >= 15 is 0 Å². The summed E-state index contributed by atoms with van der Waals surface area (Å²) in [7, 11) is 0. The molecule has 0 aromatic heterocycles. The van der Waals surface area contributed by atoms with Crippen LogP contribution >= 0.6 is 23.2 Å². The number of phenolic OH excluding ortho intramolecular Hbond substituents is 2. The third-order valence-corrected chi connectivity index (χ3v) is 3.15. The molecular formula is C14H8Cl2O4. The molecule has 0 radical (unpaired) electrons. The van der Waals surface area contributed by atoms with E-state index in [0.29, 0.717) is 0 Å². The zero-order valence-electron chi connectivity index (χ0n) is 9.93. The predicted octanol–water partition coefficient (Wildman–Crippen LogP) is 3.52. The van der Waals surface area contributed by atoms with E-state index in [2.05, 4.69) is 0 Å². The average molecular weight is 311 g/mol. The highest BCUT2D eigenvalue weighted by molar-refractivity contribution is 6.69. The van der Waals surface area contributed by atoms with E-state index in [1.165, 1.54) is 36.4 Å². The molecule has 6 heteroatoms. The molecule has 0 aliphatic heterocycles. The Hall–Kier alpha value is -2.04. The normalized spacial score (nSPS) is 10.3. The summed E-state index contributed by atoms with van der Waals surface area (Å²) in [6, 6.07) is 7.84. The van der Waals surface area contributed by atoms with Crippen molar-refractivity contribution in [3.8, 4) is 22.6 Å². The van der Waals surface area contributed by atoms with Gasteiger partial charge in [-0.3, -0.25) is 9.59 Å². The quantitative estimate of drug-likeness (QED) is 0.672. The summed E-state index contributed by atoms with van der Waals surface area (Å²) in [5, 5.41) is 17.9. The van der Waals surface area contributed by atoms with Gasteiger partial charge in [0.2, 0.25) is 0 Å². The molecule has 2 aromatic carbocycles. The summed E-state index contributed by atoms with van der Waals surface area (Å²) in [6.45, 7) is 0. The molecule has 0 amide bonds. The van der Waals surface area contributed by atoms with E-state index in [0.717, 1.165) is 0 Å². The molecule has 4 nitrogen and oxygen atoms in total. The van der Waals surface area contributed by atoms with Crippen molar-refractivity contribution in [3.05, 3.63) is 47.5 Å². The highest BCUT2D eigenvalue weighted by atomic mass is 35.5. The number of rotatable bonds is 3. The molecule has 2 rings (SSSR count). The van der Waals surface area contributed by atoms with Gasteiger partial charge in [-0.25, -0.2) is 0 Å². The summed E-state index contributed by atoms with van der Waals surface area (Å²) in [5.74, 6) is -0.269. The van der Waals surface area contributed by atoms with Gasteiger partial charge >= 0.3 is 0 Å². The fourth-order valence-corrected chi connectivity index (χ4v) is 2.08. The average Bonchev–Trinajstić information content (AvgIpc) is 2.40. The number of carbonyl (C=O) groups excluding carboxylic acids is 2. The van der Waals surface area contributed by atoms with E-state index in [1.807, 2.05) is 0 Å². The van der Waals surface area contributed by atoms with Crippen molar-refractivity contribution in [3.63, 3.8) is 0 Å². The van der Waals surface area contributed by atoms with Crippen molar-refractivity contribution < 1.29 is 19.8 Å². The molecule has 20 heavy (non-hydrogen) atoms. The summed E-state index contributed by atoms with van der Waals surface area (Å²) in [6.07, 6.45) is 0. The number of carbonyl (C=O) groups is 2. The molecule has 102 valence electrons. The molecule has 0 bridgehead atoms. The summed E-state index contributed by atoms with van der Waals surface area (Å²) < 4.78 is 0. The molecule has 0 aliphatic rings. The molecule has 0 aliphatic carbocycles. The lowest BCUT2D eigenvalue weighted by molar-refractivity contribution is 0.107. The predicted molar refractivity (Wildman–Crippen MR) is 75.6 cm³/mol. The zero-order chi connectivity index (χ0) is 14.9. The number of aromatic hydroxyl groups is 2. The van der Waals surface area contributed by atoms with Crippen LogP contribution in [0, 0.1) is 0 Å². The van der Waals surface area contributed by atoms with Crippen LogP contribution in [-0.2, 0) is 0 Å². The second-order valence-electron chi connectivity index (χ2n) is 4.01. The fraction of sp³-hybridized carbons (Fsp3) is 0. The summed E-state index contributed by atoms with van der Waals surface area (Å²) in [5.41, 5.74) is 0.624. The van der Waals surface area contributed by atoms with Crippen LogP contribution in [0.4, 0.5) is 0 Å². The van der Waals surface area contributed by atoms with Crippen molar-refractivity contribution in [1.29, 1.82) is 0 Å². The van der Waals surface area contributed by atoms with Gasteiger partial charge in [-0.1, -0.05) is 0 Å². The monoisotopic (exact) mass is 310 g/mol. The van der Waals surface area contributed by atoms with Crippen LogP contribution < -0.4 is 0 Å². The lowest BCUT2D eigenvalue weighted by Gasteiger charge is -2.10. The van der Waals surface area contributed by atoms with Gasteiger partial charge in [0, 0.05) is 16.7 Å². The van der Waals surface area contributed by atoms with Crippen molar-refractivity contribution in [2.24, 2.45) is 0 Å². The highest BCUT2D eigenvalue weighted by Gasteiger charge is 2.16. The summed E-state index contributed by atoms with van der Waals surface area (Å²) >= 11 is 10.9. The fourth-order valence-electron chi connectivity index (χ4n) is 1.80. The summed E-state index contributed by atoms with van der Waals surface area (Å²) in [4.78, 5) is 22.6. The van der Waals surface area contributed by atoms with Crippen LogP contribution in [0.25, 0.3) is 11.1 Å². The van der Waals surface area contributed by atoms with Gasteiger partial charge in [-0.2, -0.15) is 0 Å². The number of hydrogen-bond donors (Lipinski definition) is 2. The van der Waals surface area contributed by atoms with Crippen molar-refractivity contribution in [1.82, 2.24) is 0 Å². The maximum absolute atomic E-state index is 11.4. The molecule has 0 atom stereocenters. The van der Waals surface area contributed by atoms with E-state index in [1.54, 1.807) is 0 Å². The van der Waals surface area contributed by atoms with Gasteiger partial charge in [-0.15, -0.1) is 0 Å². The van der Waals surface area contributed by atoms with Gasteiger partial charge in [-0.05, 0) is 65.2 Å². The first-order valence-corrected chi connectivity index (χ1v) is 6.22. The minimum Gasteiger partial charge on any atom is -0.508 e. The number of halogens is 2. The van der Waals surface area contributed by atoms with E-state index in [9.17, 15) is 19.8 Å². The second-order valence-corrected chi connectivity index (χ2v) is 4.70. The number of phenols is 2. The first kappa shape index (κ1) is 14.4. The Morgan fingerprint density at radius 3 is 2.15 bits per heavy atom. The smallest absolute Gasteiger partial charge is 0.253 e. The molecule has 0 fully saturated rings. The molecule has 0 heterocycles. The Bertz CT molecular complexity index is 710. The Morgan fingerprint density at radius 2 is 1.55 bits per heavy atom. The first-order chi connectivity index (χ1) is 9.40. The Labute approximate surface area is 124 Å². The number of hydrogen-bond acceptors (Lipinski definition) is 4. The van der Waals surface area contributed by atoms with Gasteiger partial charge in [0.15, 0.2) is 0 Å². The standard InChI is InChI=1S/C14H8Cl2O4/c15-13(19)7-1-3-9(14(16)20)10(5-7)11-6-8(17)2-4-12(11)18/h1-6,17-18H. The Morgan fingerprint density at radius 1 is 0.850 bits per heavy atom. The maximum atomic E-state index is 11.4. The molecule has 2 N–H and O–H groups in total. The third kappa shape index (κ3) is 2.76. The van der Waals surface area contributed by atoms with Crippen LogP contribution in [-0.4, -0.2) is 20.7 Å². The SMILES string of the molecule is O=C(Cl)c1ccc(C(=O)Cl)c(-c2cc(O)ccc2O)c1. The first-order valence-electron chi connectivity index (χ1n) is 5.46. The van der Waals surface area contributed by atoms with Crippen LogP contribution in [0.15, 0.2) is 36.4 Å². The Kier molecular flexibility index (Phi) is 3.97. The van der Waals surface area contributed by atoms with Gasteiger partial charge in [0.25, 0.3) is 10.5 Å². The second kappa shape index (κ2) is 5.53. The minimum atomic E-state index is -0.753. The van der Waals surface area contributed by atoms with Gasteiger partial charge in [0.1, 0.15) is 11.5 Å². The van der Waals surface area contributed by atoms with Crippen molar-refractivity contribution >= 4 is 33.7 Å². The van der Waals surface area contributed by atoms with Crippen molar-refractivity contribution in [2.75, 3.05) is 0 Å². The van der Waals surface area contributed by atoms with Crippen molar-refractivity contribution in [2.45, 2.75) is 0 Å². The van der Waals surface area contributed by atoms with E-state index < -0.39 is 10.5 Å². The van der Waals surface area contributed by atoms with Gasteiger partial charge in [0.05, 0.1) is 0 Å². The van der Waals surface area contributed by atoms with Crippen LogP contribution in [0.1, 0.15) is 20.7 Å². The maximum Gasteiger partial charge on any atom is 0.253 e. The number of benzene rings is 2. The van der Waals surface area contributed by atoms with Gasteiger partial charge < -0.3 is 10.2 Å². The lowest BCUT2D eigenvalue weighted by Crippen LogP contribution is -1.98. The molecule has 0 unspecified atom stereocenters. The minimum absolute atomic E-state index is 0.0919. The Balaban J connectivity index is 2.75. The molecule has 0 saturated heterocycles. The van der Waals surface area contributed by atoms with E-state index in [4.69, 9.17) is 23.2 Å². The van der Waals surface area contributed by atoms with Crippen LogP contribution in [0.3, 0.4) is 0 Å². The molecule has 2 aromatic rings. The third-order valence-electron chi connectivity index (χ3n) is 2.73. The molecular weight excluding hydrogens is 303 g/mol. The van der Waals surface area contributed by atoms with Crippen LogP contribution in [0.5, 0.6) is 11.5 Å².